The number of furan rings is 1. The molecule has 2 N–H and O–H groups in total. The van der Waals surface area contributed by atoms with Gasteiger partial charge in [0.25, 0.3) is 0 Å². The maximum atomic E-state index is 5.51. The summed E-state index contributed by atoms with van der Waals surface area (Å²) in [6, 6.07) is 3.87. The second-order valence-electron chi connectivity index (χ2n) is 2.36. The van der Waals surface area contributed by atoms with Crippen LogP contribution in [0.2, 0.25) is 0 Å². The molecule has 0 saturated carbocycles. The van der Waals surface area contributed by atoms with Gasteiger partial charge in [0, 0.05) is 12.5 Å². The lowest BCUT2D eigenvalue weighted by Gasteiger charge is -2.06. The second kappa shape index (κ2) is 3.42. The van der Waals surface area contributed by atoms with Gasteiger partial charge >= 0.3 is 0 Å². The van der Waals surface area contributed by atoms with Crippen molar-refractivity contribution in [1.29, 1.82) is 0 Å². The summed E-state index contributed by atoms with van der Waals surface area (Å²) in [7, 11) is 0. The van der Waals surface area contributed by atoms with Crippen molar-refractivity contribution >= 4 is 0 Å². The van der Waals surface area contributed by atoms with Crippen LogP contribution in [0, 0.1) is 0 Å². The highest BCUT2D eigenvalue weighted by Gasteiger charge is 2.08. The lowest BCUT2D eigenvalue weighted by molar-refractivity contribution is 0.457. The molecule has 1 heterocycles. The molecule has 0 saturated heterocycles. The van der Waals surface area contributed by atoms with Crippen LogP contribution in [0.3, 0.4) is 0 Å². The average Bonchev–Trinajstić information content (AvgIpc) is 2.43. The van der Waals surface area contributed by atoms with Gasteiger partial charge in [0.15, 0.2) is 0 Å². The molecule has 0 aromatic carbocycles. The maximum Gasteiger partial charge on any atom is 0.108 e. The van der Waals surface area contributed by atoms with E-state index < -0.39 is 0 Å². The minimum absolute atomic E-state index is 0.398. The minimum Gasteiger partial charge on any atom is -0.469 e. The lowest BCUT2D eigenvalue weighted by Crippen LogP contribution is -2.10. The first-order valence-corrected chi connectivity index (χ1v) is 3.62. The summed E-state index contributed by atoms with van der Waals surface area (Å²) in [5.41, 5.74) is 5.51. The lowest BCUT2D eigenvalue weighted by atomic mass is 10.0. The van der Waals surface area contributed by atoms with E-state index in [0.29, 0.717) is 12.5 Å². The minimum atomic E-state index is 0.398. The Morgan fingerprint density at radius 2 is 2.50 bits per heavy atom. The Bertz CT molecular complexity index is 165. The van der Waals surface area contributed by atoms with Crippen LogP contribution in [0.25, 0.3) is 0 Å². The van der Waals surface area contributed by atoms with E-state index >= 15 is 0 Å². The van der Waals surface area contributed by atoms with Crippen LogP contribution in [0.5, 0.6) is 0 Å². The first-order chi connectivity index (χ1) is 4.88. The predicted octanol–water partition coefficient (Wildman–Crippen LogP) is 1.73. The van der Waals surface area contributed by atoms with E-state index in [1.165, 1.54) is 0 Å². The van der Waals surface area contributed by atoms with E-state index in [0.717, 1.165) is 12.2 Å². The first kappa shape index (κ1) is 7.35. The topological polar surface area (TPSA) is 39.2 Å². The zero-order valence-corrected chi connectivity index (χ0v) is 6.21. The van der Waals surface area contributed by atoms with Crippen LogP contribution in [-0.2, 0) is 0 Å². The van der Waals surface area contributed by atoms with E-state index in [2.05, 4.69) is 6.92 Å². The molecule has 0 aliphatic heterocycles. The highest BCUT2D eigenvalue weighted by atomic mass is 16.3. The average molecular weight is 139 g/mol. The van der Waals surface area contributed by atoms with Crippen LogP contribution in [0.4, 0.5) is 0 Å². The molecular formula is C8H13NO. The molecule has 10 heavy (non-hydrogen) atoms. The third-order valence-electron chi connectivity index (χ3n) is 1.72. The Balaban J connectivity index is 2.64. The van der Waals surface area contributed by atoms with E-state index in [1.54, 1.807) is 6.26 Å². The van der Waals surface area contributed by atoms with Crippen LogP contribution in [0.1, 0.15) is 25.0 Å². The Labute approximate surface area is 61.0 Å². The summed E-state index contributed by atoms with van der Waals surface area (Å²) in [5.74, 6) is 1.40. The highest BCUT2D eigenvalue weighted by Crippen LogP contribution is 2.17. The molecule has 0 aliphatic carbocycles. The van der Waals surface area contributed by atoms with Crippen molar-refractivity contribution < 1.29 is 4.42 Å². The molecule has 1 rings (SSSR count). The number of nitrogens with two attached hydrogens (primary N) is 1. The molecule has 2 heteroatoms. The quantitative estimate of drug-likeness (QED) is 0.692. The normalized spacial score (nSPS) is 13.4. The molecule has 1 atom stereocenters. The van der Waals surface area contributed by atoms with Gasteiger partial charge in [-0.2, -0.15) is 0 Å². The molecule has 1 aromatic rings. The summed E-state index contributed by atoms with van der Waals surface area (Å²) in [6.45, 7) is 2.78. The van der Waals surface area contributed by atoms with Crippen molar-refractivity contribution in [2.24, 2.45) is 5.73 Å². The van der Waals surface area contributed by atoms with Crippen LogP contribution in [-0.4, -0.2) is 6.54 Å². The smallest absolute Gasteiger partial charge is 0.108 e. The molecule has 2 nitrogen and oxygen atoms in total. The van der Waals surface area contributed by atoms with Crippen LogP contribution in [0.15, 0.2) is 22.8 Å². The third-order valence-corrected chi connectivity index (χ3v) is 1.72. The number of hydrogen-bond acceptors (Lipinski definition) is 2. The van der Waals surface area contributed by atoms with Gasteiger partial charge in [0.05, 0.1) is 6.26 Å². The monoisotopic (exact) mass is 139 g/mol. The fourth-order valence-corrected chi connectivity index (χ4v) is 1.01. The largest absolute Gasteiger partial charge is 0.469 e. The molecular weight excluding hydrogens is 126 g/mol. The Hall–Kier alpha value is -0.760. The molecule has 0 radical (unpaired) electrons. The molecule has 0 aliphatic rings. The molecule has 1 unspecified atom stereocenters. The van der Waals surface area contributed by atoms with Crippen molar-refractivity contribution in [1.82, 2.24) is 0 Å². The molecule has 0 amide bonds. The van der Waals surface area contributed by atoms with E-state index in [4.69, 9.17) is 10.2 Å². The molecule has 56 valence electrons. The first-order valence-electron chi connectivity index (χ1n) is 3.62. The van der Waals surface area contributed by atoms with Crippen molar-refractivity contribution in [2.75, 3.05) is 6.54 Å². The van der Waals surface area contributed by atoms with Crippen molar-refractivity contribution in [3.8, 4) is 0 Å². The van der Waals surface area contributed by atoms with Crippen molar-refractivity contribution in [3.05, 3.63) is 24.2 Å². The van der Waals surface area contributed by atoms with Gasteiger partial charge in [-0.25, -0.2) is 0 Å². The molecule has 0 spiro atoms. The standard InChI is InChI=1S/C8H13NO/c1-2-7(6-9)8-4-3-5-10-8/h3-5,7H,2,6,9H2,1H3. The molecule has 0 fully saturated rings. The fraction of sp³-hybridized carbons (Fsp3) is 0.500. The third kappa shape index (κ3) is 1.39. The summed E-state index contributed by atoms with van der Waals surface area (Å²) in [5, 5.41) is 0. The van der Waals surface area contributed by atoms with Gasteiger partial charge in [0.2, 0.25) is 0 Å². The van der Waals surface area contributed by atoms with Crippen molar-refractivity contribution in [2.45, 2.75) is 19.3 Å². The van der Waals surface area contributed by atoms with Gasteiger partial charge < -0.3 is 10.2 Å². The Morgan fingerprint density at radius 3 is 2.90 bits per heavy atom. The summed E-state index contributed by atoms with van der Waals surface area (Å²) >= 11 is 0. The van der Waals surface area contributed by atoms with Crippen LogP contribution >= 0.6 is 0 Å². The van der Waals surface area contributed by atoms with E-state index in [-0.39, 0.29) is 0 Å². The molecule has 1 aromatic heterocycles. The SMILES string of the molecule is CCC(CN)c1ccco1. The number of hydrogen-bond donors (Lipinski definition) is 1. The van der Waals surface area contributed by atoms with Gasteiger partial charge in [-0.15, -0.1) is 0 Å². The van der Waals surface area contributed by atoms with Crippen LogP contribution < -0.4 is 5.73 Å². The summed E-state index contributed by atoms with van der Waals surface area (Å²) in [6.07, 6.45) is 2.73. The predicted molar refractivity (Wildman–Crippen MR) is 40.8 cm³/mol. The number of rotatable bonds is 3. The fourth-order valence-electron chi connectivity index (χ4n) is 1.01. The van der Waals surface area contributed by atoms with Gasteiger partial charge in [-0.1, -0.05) is 6.92 Å². The Morgan fingerprint density at radius 1 is 1.70 bits per heavy atom. The highest BCUT2D eigenvalue weighted by molar-refractivity contribution is 5.05. The van der Waals surface area contributed by atoms with E-state index in [1.807, 2.05) is 12.1 Å². The molecule has 0 bridgehead atoms. The van der Waals surface area contributed by atoms with Gasteiger partial charge in [-0.3, -0.25) is 0 Å². The van der Waals surface area contributed by atoms with Gasteiger partial charge in [0.1, 0.15) is 5.76 Å². The van der Waals surface area contributed by atoms with Gasteiger partial charge in [-0.05, 0) is 18.6 Å². The van der Waals surface area contributed by atoms with E-state index in [9.17, 15) is 0 Å². The van der Waals surface area contributed by atoms with Crippen molar-refractivity contribution in [3.63, 3.8) is 0 Å². The second-order valence-corrected chi connectivity index (χ2v) is 2.36. The summed E-state index contributed by atoms with van der Waals surface area (Å²) < 4.78 is 5.20. The Kier molecular flexibility index (Phi) is 2.51. The zero-order chi connectivity index (χ0) is 7.40. The summed E-state index contributed by atoms with van der Waals surface area (Å²) in [4.78, 5) is 0. The zero-order valence-electron chi connectivity index (χ0n) is 6.21. The maximum absolute atomic E-state index is 5.51.